The highest BCUT2D eigenvalue weighted by Crippen LogP contribution is 2.40. The average Bonchev–Trinajstić information content (AvgIpc) is 2.29. The van der Waals surface area contributed by atoms with Crippen LogP contribution < -0.4 is 5.32 Å². The second-order valence-electron chi connectivity index (χ2n) is 4.98. The van der Waals surface area contributed by atoms with E-state index in [1.807, 2.05) is 13.0 Å². The molecule has 0 aliphatic carbocycles. The maximum atomic E-state index is 14.4. The first-order chi connectivity index (χ1) is 8.01. The minimum Gasteiger partial charge on any atom is -0.316 e. The zero-order valence-corrected chi connectivity index (χ0v) is 10.4. The summed E-state index contributed by atoms with van der Waals surface area (Å²) in [4.78, 5) is 0. The molecular weight excluding hydrogens is 220 g/mol. The second-order valence-corrected chi connectivity index (χ2v) is 4.98. The van der Waals surface area contributed by atoms with Crippen LogP contribution in [0.2, 0.25) is 0 Å². The maximum Gasteiger partial charge on any atom is 0.277 e. The van der Waals surface area contributed by atoms with Crippen LogP contribution in [0.3, 0.4) is 0 Å². The van der Waals surface area contributed by atoms with Gasteiger partial charge in [0.15, 0.2) is 0 Å². The second kappa shape index (κ2) is 4.73. The van der Waals surface area contributed by atoms with Crippen LogP contribution in [-0.2, 0) is 5.92 Å². The Labute approximate surface area is 101 Å². The molecule has 1 atom stereocenters. The lowest BCUT2D eigenvalue weighted by Gasteiger charge is -2.31. The van der Waals surface area contributed by atoms with Crippen molar-refractivity contribution in [1.29, 1.82) is 0 Å². The molecule has 1 heterocycles. The molecule has 1 aromatic rings. The van der Waals surface area contributed by atoms with E-state index in [2.05, 4.69) is 5.32 Å². The molecule has 2 rings (SSSR count). The van der Waals surface area contributed by atoms with Gasteiger partial charge in [-0.25, -0.2) is 8.78 Å². The molecule has 1 aromatic carbocycles. The lowest BCUT2D eigenvalue weighted by Crippen LogP contribution is -2.39. The van der Waals surface area contributed by atoms with Crippen LogP contribution >= 0.6 is 0 Å². The van der Waals surface area contributed by atoms with Gasteiger partial charge in [0.2, 0.25) is 0 Å². The topological polar surface area (TPSA) is 12.0 Å². The maximum absolute atomic E-state index is 14.4. The Morgan fingerprint density at radius 1 is 1.29 bits per heavy atom. The third-order valence-corrected chi connectivity index (χ3v) is 3.55. The highest BCUT2D eigenvalue weighted by Gasteiger charge is 2.42. The summed E-state index contributed by atoms with van der Waals surface area (Å²) >= 11 is 0. The molecule has 1 N–H and O–H groups in total. The van der Waals surface area contributed by atoms with E-state index in [1.54, 1.807) is 19.1 Å². The fourth-order valence-corrected chi connectivity index (χ4v) is 2.57. The van der Waals surface area contributed by atoms with Gasteiger partial charge in [0.25, 0.3) is 5.92 Å². The molecule has 0 bridgehead atoms. The first-order valence-corrected chi connectivity index (χ1v) is 6.18. The van der Waals surface area contributed by atoms with Gasteiger partial charge in [0.05, 0.1) is 0 Å². The van der Waals surface area contributed by atoms with Crippen LogP contribution in [0.25, 0.3) is 0 Å². The van der Waals surface area contributed by atoms with Crippen LogP contribution in [0.1, 0.15) is 29.5 Å². The summed E-state index contributed by atoms with van der Waals surface area (Å²) in [6.07, 6.45) is 1.44. The molecule has 1 saturated heterocycles. The lowest BCUT2D eigenvalue weighted by atomic mass is 9.86. The largest absolute Gasteiger partial charge is 0.316 e. The van der Waals surface area contributed by atoms with E-state index < -0.39 is 11.8 Å². The van der Waals surface area contributed by atoms with Gasteiger partial charge in [-0.15, -0.1) is 0 Å². The van der Waals surface area contributed by atoms with Crippen molar-refractivity contribution in [3.8, 4) is 0 Å². The van der Waals surface area contributed by atoms with Crippen molar-refractivity contribution in [2.75, 3.05) is 13.1 Å². The summed E-state index contributed by atoms with van der Waals surface area (Å²) < 4.78 is 28.8. The molecule has 0 amide bonds. The molecular formula is C14H19F2N. The van der Waals surface area contributed by atoms with Crippen molar-refractivity contribution in [2.45, 2.75) is 32.6 Å². The molecule has 3 heteroatoms. The average molecular weight is 239 g/mol. The van der Waals surface area contributed by atoms with Gasteiger partial charge in [-0.1, -0.05) is 23.8 Å². The number of nitrogens with one attached hydrogen (secondary N) is 1. The molecule has 1 aliphatic rings. The minimum atomic E-state index is -2.72. The lowest BCUT2D eigenvalue weighted by molar-refractivity contribution is -0.0729. The summed E-state index contributed by atoms with van der Waals surface area (Å²) in [7, 11) is 0. The van der Waals surface area contributed by atoms with Crippen LogP contribution in [0.5, 0.6) is 0 Å². The fraction of sp³-hybridized carbons (Fsp3) is 0.571. The van der Waals surface area contributed by atoms with Gasteiger partial charge in [-0.2, -0.15) is 0 Å². The van der Waals surface area contributed by atoms with E-state index in [0.29, 0.717) is 18.5 Å². The summed E-state index contributed by atoms with van der Waals surface area (Å²) in [6.45, 7) is 4.98. The van der Waals surface area contributed by atoms with E-state index in [-0.39, 0.29) is 5.56 Å². The predicted molar refractivity (Wildman–Crippen MR) is 65.4 cm³/mol. The number of alkyl halides is 2. The van der Waals surface area contributed by atoms with Crippen LogP contribution in [-0.4, -0.2) is 13.1 Å². The zero-order valence-electron chi connectivity index (χ0n) is 10.4. The van der Waals surface area contributed by atoms with E-state index in [9.17, 15) is 8.78 Å². The van der Waals surface area contributed by atoms with Gasteiger partial charge in [0.1, 0.15) is 0 Å². The Kier molecular flexibility index (Phi) is 3.48. The molecule has 0 aromatic heterocycles. The third-order valence-electron chi connectivity index (χ3n) is 3.55. The van der Waals surface area contributed by atoms with Gasteiger partial charge < -0.3 is 5.32 Å². The molecule has 1 fully saturated rings. The SMILES string of the molecule is Cc1ccc(C(F)(F)C2CCCNC2)c(C)c1. The highest BCUT2D eigenvalue weighted by atomic mass is 19.3. The molecule has 17 heavy (non-hydrogen) atoms. The molecule has 1 nitrogen and oxygen atoms in total. The molecule has 0 radical (unpaired) electrons. The van der Waals surface area contributed by atoms with Gasteiger partial charge in [-0.3, -0.25) is 0 Å². The number of piperidine rings is 1. The van der Waals surface area contributed by atoms with Crippen LogP contribution in [0.15, 0.2) is 18.2 Å². The molecule has 1 aliphatic heterocycles. The Bertz CT molecular complexity index is 395. The third kappa shape index (κ3) is 2.49. The summed E-state index contributed by atoms with van der Waals surface area (Å²) in [5.41, 5.74) is 1.92. The Hall–Kier alpha value is -0.960. The number of benzene rings is 1. The standard InChI is InChI=1S/C14H19F2N/c1-10-5-6-13(11(2)8-10)14(15,16)12-4-3-7-17-9-12/h5-6,8,12,17H,3-4,7,9H2,1-2H3. The first kappa shape index (κ1) is 12.5. The van der Waals surface area contributed by atoms with Crippen LogP contribution in [0, 0.1) is 19.8 Å². The monoisotopic (exact) mass is 239 g/mol. The summed E-state index contributed by atoms with van der Waals surface area (Å²) in [5, 5.41) is 3.06. The van der Waals surface area contributed by atoms with E-state index in [0.717, 1.165) is 18.5 Å². The predicted octanol–water partition coefficient (Wildman–Crippen LogP) is 3.39. The minimum absolute atomic E-state index is 0.191. The zero-order chi connectivity index (χ0) is 12.5. The first-order valence-electron chi connectivity index (χ1n) is 6.18. The van der Waals surface area contributed by atoms with Gasteiger partial charge in [0, 0.05) is 18.0 Å². The highest BCUT2D eigenvalue weighted by molar-refractivity contribution is 5.34. The van der Waals surface area contributed by atoms with Gasteiger partial charge in [-0.05, 0) is 38.8 Å². The summed E-state index contributed by atoms with van der Waals surface area (Å²) in [6, 6.07) is 5.19. The van der Waals surface area contributed by atoms with E-state index in [4.69, 9.17) is 0 Å². The smallest absolute Gasteiger partial charge is 0.277 e. The van der Waals surface area contributed by atoms with Crippen molar-refractivity contribution in [3.05, 3.63) is 34.9 Å². The van der Waals surface area contributed by atoms with Gasteiger partial charge >= 0.3 is 0 Å². The van der Waals surface area contributed by atoms with Crippen molar-refractivity contribution >= 4 is 0 Å². The molecule has 94 valence electrons. The normalized spacial score (nSPS) is 21.5. The van der Waals surface area contributed by atoms with E-state index >= 15 is 0 Å². The number of hydrogen-bond acceptors (Lipinski definition) is 1. The number of hydrogen-bond donors (Lipinski definition) is 1. The molecule has 0 spiro atoms. The van der Waals surface area contributed by atoms with E-state index in [1.165, 1.54) is 0 Å². The van der Waals surface area contributed by atoms with Crippen molar-refractivity contribution in [2.24, 2.45) is 5.92 Å². The molecule has 0 saturated carbocycles. The quantitative estimate of drug-likeness (QED) is 0.834. The number of halogens is 2. The Morgan fingerprint density at radius 3 is 2.65 bits per heavy atom. The Morgan fingerprint density at radius 2 is 2.06 bits per heavy atom. The van der Waals surface area contributed by atoms with Crippen molar-refractivity contribution in [3.63, 3.8) is 0 Å². The van der Waals surface area contributed by atoms with Crippen molar-refractivity contribution in [1.82, 2.24) is 5.32 Å². The fourth-order valence-electron chi connectivity index (χ4n) is 2.57. The number of aryl methyl sites for hydroxylation is 2. The summed E-state index contributed by atoms with van der Waals surface area (Å²) in [5.74, 6) is -3.29. The van der Waals surface area contributed by atoms with Crippen LogP contribution in [0.4, 0.5) is 8.78 Å². The molecule has 1 unspecified atom stereocenters. The Balaban J connectivity index is 2.29. The number of rotatable bonds is 2. The van der Waals surface area contributed by atoms with Crippen molar-refractivity contribution < 1.29 is 8.78 Å².